The van der Waals surface area contributed by atoms with Crippen LogP contribution in [0.1, 0.15) is 12.5 Å². The maximum Gasteiger partial charge on any atom is 0.241 e. The number of hydrogen-bond donors (Lipinski definition) is 1. The van der Waals surface area contributed by atoms with Crippen LogP contribution in [-0.4, -0.2) is 53.0 Å². The number of nitriles is 1. The first-order chi connectivity index (χ1) is 14.1. The molecular formula is C20H19ClN6OS. The van der Waals surface area contributed by atoms with E-state index in [0.717, 1.165) is 42.2 Å². The van der Waals surface area contributed by atoms with E-state index < -0.39 is 0 Å². The predicted octanol–water partition coefficient (Wildman–Crippen LogP) is 3.37. The minimum absolute atomic E-state index is 0.0958. The maximum absolute atomic E-state index is 12.7. The maximum atomic E-state index is 12.7. The Morgan fingerprint density at radius 3 is 2.79 bits per heavy atom. The summed E-state index contributed by atoms with van der Waals surface area (Å²) >= 11 is 7.66. The summed E-state index contributed by atoms with van der Waals surface area (Å²) in [4.78, 5) is 26.9. The van der Waals surface area contributed by atoms with Gasteiger partial charge in [-0.3, -0.25) is 9.69 Å². The van der Waals surface area contributed by atoms with Crippen molar-refractivity contribution in [2.45, 2.75) is 13.0 Å². The van der Waals surface area contributed by atoms with E-state index in [1.807, 2.05) is 18.4 Å². The van der Waals surface area contributed by atoms with Crippen LogP contribution in [0.3, 0.4) is 0 Å². The van der Waals surface area contributed by atoms with Gasteiger partial charge in [-0.05, 0) is 36.6 Å². The molecule has 0 spiro atoms. The quantitative estimate of drug-likeness (QED) is 0.688. The lowest BCUT2D eigenvalue weighted by molar-refractivity contribution is -0.120. The number of carbonyl (C=O) groups excluding carboxylic acids is 1. The fourth-order valence-electron chi connectivity index (χ4n) is 3.45. The standard InChI is InChI=1S/C20H19ClN6OS/c1-13(19(28)25-15-3-2-14(11-22)17(21)10-15)26-5-7-27(8-6-26)18-16-4-9-29-20(16)24-12-23-18/h2-4,9-10,12-13H,5-8H2,1H3,(H,25,28). The molecule has 0 aliphatic carbocycles. The molecule has 1 saturated heterocycles. The zero-order valence-corrected chi connectivity index (χ0v) is 17.4. The van der Waals surface area contributed by atoms with Gasteiger partial charge in [0.05, 0.1) is 22.0 Å². The SMILES string of the molecule is CC(C(=O)Nc1ccc(C#N)c(Cl)c1)N1CCN(c2ncnc3sccc23)CC1. The number of nitrogens with zero attached hydrogens (tertiary/aromatic N) is 5. The van der Waals surface area contributed by atoms with E-state index in [0.29, 0.717) is 16.3 Å². The van der Waals surface area contributed by atoms with Crippen LogP contribution < -0.4 is 10.2 Å². The Balaban J connectivity index is 1.38. The second kappa shape index (κ2) is 8.33. The third kappa shape index (κ3) is 4.03. The minimum atomic E-state index is -0.280. The molecule has 3 heterocycles. The minimum Gasteiger partial charge on any atom is -0.353 e. The first-order valence-electron chi connectivity index (χ1n) is 9.24. The highest BCUT2D eigenvalue weighted by Gasteiger charge is 2.27. The average Bonchev–Trinajstić information content (AvgIpc) is 3.22. The van der Waals surface area contributed by atoms with Gasteiger partial charge < -0.3 is 10.2 Å². The molecule has 29 heavy (non-hydrogen) atoms. The molecule has 0 bridgehead atoms. The largest absolute Gasteiger partial charge is 0.353 e. The highest BCUT2D eigenvalue weighted by molar-refractivity contribution is 7.16. The highest BCUT2D eigenvalue weighted by atomic mass is 35.5. The monoisotopic (exact) mass is 426 g/mol. The summed E-state index contributed by atoms with van der Waals surface area (Å²) in [5.41, 5.74) is 0.976. The van der Waals surface area contributed by atoms with Crippen LogP contribution in [0.5, 0.6) is 0 Å². The number of aromatic nitrogens is 2. The van der Waals surface area contributed by atoms with Crippen LogP contribution in [0.4, 0.5) is 11.5 Å². The zero-order chi connectivity index (χ0) is 20.4. The van der Waals surface area contributed by atoms with E-state index in [-0.39, 0.29) is 11.9 Å². The van der Waals surface area contributed by atoms with E-state index in [1.54, 1.807) is 35.9 Å². The van der Waals surface area contributed by atoms with Gasteiger partial charge in [0.25, 0.3) is 0 Å². The molecular weight excluding hydrogens is 408 g/mol. The number of thiophene rings is 1. The van der Waals surface area contributed by atoms with E-state index in [4.69, 9.17) is 16.9 Å². The summed E-state index contributed by atoms with van der Waals surface area (Å²) < 4.78 is 0. The van der Waals surface area contributed by atoms with Gasteiger partial charge in [0.2, 0.25) is 5.91 Å². The molecule has 1 unspecified atom stereocenters. The van der Waals surface area contributed by atoms with Crippen LogP contribution in [-0.2, 0) is 4.79 Å². The number of anilines is 2. The van der Waals surface area contributed by atoms with Crippen molar-refractivity contribution in [3.63, 3.8) is 0 Å². The normalized spacial score (nSPS) is 15.8. The fourth-order valence-corrected chi connectivity index (χ4v) is 4.40. The predicted molar refractivity (Wildman–Crippen MR) is 115 cm³/mol. The zero-order valence-electron chi connectivity index (χ0n) is 15.8. The lowest BCUT2D eigenvalue weighted by Gasteiger charge is -2.38. The summed E-state index contributed by atoms with van der Waals surface area (Å²) in [5, 5.41) is 15.3. The van der Waals surface area contributed by atoms with Gasteiger partial charge in [-0.15, -0.1) is 11.3 Å². The summed E-state index contributed by atoms with van der Waals surface area (Å²) in [6, 6.07) is 8.68. The third-order valence-corrected chi connectivity index (χ3v) is 6.27. The van der Waals surface area contributed by atoms with Crippen molar-refractivity contribution in [2.24, 2.45) is 0 Å². The van der Waals surface area contributed by atoms with Crippen molar-refractivity contribution in [3.8, 4) is 6.07 Å². The van der Waals surface area contributed by atoms with E-state index >= 15 is 0 Å². The Hall–Kier alpha value is -2.73. The van der Waals surface area contributed by atoms with Crippen LogP contribution in [0.15, 0.2) is 36.0 Å². The fraction of sp³-hybridized carbons (Fsp3) is 0.300. The molecule has 1 atom stereocenters. The molecule has 148 valence electrons. The van der Waals surface area contributed by atoms with E-state index in [2.05, 4.69) is 31.2 Å². The average molecular weight is 427 g/mol. The number of halogens is 1. The molecule has 7 nitrogen and oxygen atoms in total. The Bertz CT molecular complexity index is 1090. The molecule has 2 aromatic heterocycles. The van der Waals surface area contributed by atoms with Crippen LogP contribution in [0, 0.1) is 11.3 Å². The van der Waals surface area contributed by atoms with Crippen molar-refractivity contribution in [1.29, 1.82) is 5.26 Å². The van der Waals surface area contributed by atoms with Gasteiger partial charge in [0, 0.05) is 31.9 Å². The second-order valence-electron chi connectivity index (χ2n) is 6.83. The van der Waals surface area contributed by atoms with Gasteiger partial charge in [-0.25, -0.2) is 9.97 Å². The van der Waals surface area contributed by atoms with Crippen molar-refractivity contribution in [2.75, 3.05) is 36.4 Å². The Labute approximate surface area is 177 Å². The summed E-state index contributed by atoms with van der Waals surface area (Å²) in [5.74, 6) is 0.863. The number of piperazine rings is 1. The molecule has 3 aromatic rings. The third-order valence-electron chi connectivity index (χ3n) is 5.14. The van der Waals surface area contributed by atoms with Crippen LogP contribution in [0.25, 0.3) is 10.2 Å². The lowest BCUT2D eigenvalue weighted by atomic mass is 10.2. The summed E-state index contributed by atoms with van der Waals surface area (Å²) in [7, 11) is 0. The van der Waals surface area contributed by atoms with Crippen LogP contribution in [0.2, 0.25) is 5.02 Å². The van der Waals surface area contributed by atoms with Gasteiger partial charge in [0.15, 0.2) is 0 Å². The topological polar surface area (TPSA) is 85.2 Å². The van der Waals surface area contributed by atoms with Crippen molar-refractivity contribution >= 4 is 50.6 Å². The molecule has 0 radical (unpaired) electrons. The van der Waals surface area contributed by atoms with Gasteiger partial charge in [0.1, 0.15) is 23.0 Å². The van der Waals surface area contributed by atoms with E-state index in [1.165, 1.54) is 0 Å². The molecule has 9 heteroatoms. The summed E-state index contributed by atoms with van der Waals surface area (Å²) in [6.45, 7) is 5.01. The molecule has 1 N–H and O–H groups in total. The number of benzene rings is 1. The molecule has 1 aliphatic rings. The number of amides is 1. The van der Waals surface area contributed by atoms with Crippen molar-refractivity contribution in [1.82, 2.24) is 14.9 Å². The second-order valence-corrected chi connectivity index (χ2v) is 8.13. The molecule has 1 amide bonds. The molecule has 1 fully saturated rings. The molecule has 1 aliphatic heterocycles. The Kier molecular flexibility index (Phi) is 5.62. The van der Waals surface area contributed by atoms with Gasteiger partial charge >= 0.3 is 0 Å². The molecule has 4 rings (SSSR count). The van der Waals surface area contributed by atoms with Crippen molar-refractivity contribution in [3.05, 3.63) is 46.6 Å². The Morgan fingerprint density at radius 2 is 2.07 bits per heavy atom. The number of nitrogens with one attached hydrogen (secondary N) is 1. The number of fused-ring (bicyclic) bond motifs is 1. The van der Waals surface area contributed by atoms with E-state index in [9.17, 15) is 4.79 Å². The highest BCUT2D eigenvalue weighted by Crippen LogP contribution is 2.27. The van der Waals surface area contributed by atoms with Crippen LogP contribution >= 0.6 is 22.9 Å². The molecule has 0 saturated carbocycles. The first-order valence-corrected chi connectivity index (χ1v) is 10.5. The Morgan fingerprint density at radius 1 is 1.28 bits per heavy atom. The lowest BCUT2D eigenvalue weighted by Crippen LogP contribution is -2.53. The summed E-state index contributed by atoms with van der Waals surface area (Å²) in [6.07, 6.45) is 1.61. The van der Waals surface area contributed by atoms with Gasteiger partial charge in [-0.1, -0.05) is 11.6 Å². The molecule has 1 aromatic carbocycles. The number of carbonyl (C=O) groups is 1. The van der Waals surface area contributed by atoms with Gasteiger partial charge in [-0.2, -0.15) is 5.26 Å². The number of rotatable bonds is 4. The first kappa shape index (κ1) is 19.6. The number of hydrogen-bond acceptors (Lipinski definition) is 7. The van der Waals surface area contributed by atoms with Crippen molar-refractivity contribution < 1.29 is 4.79 Å². The smallest absolute Gasteiger partial charge is 0.241 e.